The van der Waals surface area contributed by atoms with Gasteiger partial charge in [-0.2, -0.15) is 5.10 Å². The molecule has 6 nitrogen and oxygen atoms in total. The van der Waals surface area contributed by atoms with Crippen LogP contribution in [0.5, 0.6) is 5.75 Å². The highest BCUT2D eigenvalue weighted by atomic mass is 19.1. The molecular formula is C22H23F3N4O2. The number of carbonyl (C=O) groups is 1. The van der Waals surface area contributed by atoms with Crippen LogP contribution >= 0.6 is 0 Å². The zero-order valence-electron chi connectivity index (χ0n) is 17.2. The van der Waals surface area contributed by atoms with Crippen molar-refractivity contribution in [2.75, 3.05) is 20.6 Å². The van der Waals surface area contributed by atoms with Gasteiger partial charge in [-0.05, 0) is 63.0 Å². The second-order valence-corrected chi connectivity index (χ2v) is 7.26. The van der Waals surface area contributed by atoms with E-state index in [9.17, 15) is 18.0 Å². The lowest BCUT2D eigenvalue weighted by Gasteiger charge is -2.21. The third-order valence-electron chi connectivity index (χ3n) is 4.56. The fourth-order valence-corrected chi connectivity index (χ4v) is 2.92. The van der Waals surface area contributed by atoms with Crippen molar-refractivity contribution < 1.29 is 22.7 Å². The van der Waals surface area contributed by atoms with E-state index in [0.29, 0.717) is 13.0 Å². The van der Waals surface area contributed by atoms with Crippen LogP contribution in [0, 0.1) is 17.5 Å². The molecule has 2 aromatic carbocycles. The van der Waals surface area contributed by atoms with Crippen LogP contribution in [-0.2, 0) is 6.73 Å². The number of nitrogens with one attached hydrogen (secondary N) is 1. The van der Waals surface area contributed by atoms with E-state index in [0.717, 1.165) is 17.7 Å². The summed E-state index contributed by atoms with van der Waals surface area (Å²) >= 11 is 0. The fraction of sp³-hybridized carbons (Fsp3) is 0.273. The largest absolute Gasteiger partial charge is 0.468 e. The second-order valence-electron chi connectivity index (χ2n) is 7.26. The Kier molecular flexibility index (Phi) is 7.30. The van der Waals surface area contributed by atoms with Gasteiger partial charge in [-0.15, -0.1) is 0 Å². The average molecular weight is 432 g/mol. The molecule has 1 heterocycles. The Morgan fingerprint density at radius 3 is 2.48 bits per heavy atom. The van der Waals surface area contributed by atoms with Crippen molar-refractivity contribution in [3.8, 4) is 5.75 Å². The molecule has 0 bridgehead atoms. The Bertz CT molecular complexity index is 1020. The van der Waals surface area contributed by atoms with Crippen LogP contribution in [-0.4, -0.2) is 41.2 Å². The molecule has 3 aromatic rings. The third kappa shape index (κ3) is 6.32. The summed E-state index contributed by atoms with van der Waals surface area (Å²) in [5, 5.41) is 7.06. The Morgan fingerprint density at radius 2 is 1.81 bits per heavy atom. The Balaban J connectivity index is 1.65. The third-order valence-corrected chi connectivity index (χ3v) is 4.56. The van der Waals surface area contributed by atoms with Gasteiger partial charge in [-0.3, -0.25) is 4.79 Å². The van der Waals surface area contributed by atoms with Crippen LogP contribution in [0.4, 0.5) is 13.2 Å². The number of amides is 1. The van der Waals surface area contributed by atoms with Crippen molar-refractivity contribution in [2.24, 2.45) is 0 Å². The first kappa shape index (κ1) is 22.4. The summed E-state index contributed by atoms with van der Waals surface area (Å²) in [4.78, 5) is 14.7. The van der Waals surface area contributed by atoms with Crippen LogP contribution in [0.2, 0.25) is 0 Å². The summed E-state index contributed by atoms with van der Waals surface area (Å²) in [5.74, 6) is -2.40. The number of hydrogen-bond donors (Lipinski definition) is 1. The van der Waals surface area contributed by atoms with Crippen molar-refractivity contribution in [1.82, 2.24) is 20.0 Å². The van der Waals surface area contributed by atoms with Gasteiger partial charge in [0.15, 0.2) is 18.3 Å². The van der Waals surface area contributed by atoms with E-state index in [4.69, 9.17) is 4.74 Å². The number of halogens is 3. The van der Waals surface area contributed by atoms with Crippen molar-refractivity contribution in [2.45, 2.75) is 19.2 Å². The van der Waals surface area contributed by atoms with Gasteiger partial charge in [0.1, 0.15) is 17.3 Å². The van der Waals surface area contributed by atoms with Gasteiger partial charge < -0.3 is 15.0 Å². The van der Waals surface area contributed by atoms with E-state index < -0.39 is 17.5 Å². The summed E-state index contributed by atoms with van der Waals surface area (Å²) < 4.78 is 46.5. The lowest BCUT2D eigenvalue weighted by Crippen LogP contribution is -2.31. The lowest BCUT2D eigenvalue weighted by molar-refractivity contribution is 0.0925. The van der Waals surface area contributed by atoms with Gasteiger partial charge in [0.25, 0.3) is 5.91 Å². The monoisotopic (exact) mass is 432 g/mol. The molecule has 0 aliphatic heterocycles. The van der Waals surface area contributed by atoms with Crippen LogP contribution in [0.25, 0.3) is 0 Å². The van der Waals surface area contributed by atoms with Crippen molar-refractivity contribution in [1.29, 1.82) is 0 Å². The average Bonchev–Trinajstić information content (AvgIpc) is 3.20. The number of hydrogen-bond acceptors (Lipinski definition) is 4. The molecule has 0 fully saturated rings. The minimum absolute atomic E-state index is 0.122. The lowest BCUT2D eigenvalue weighted by atomic mass is 10.0. The van der Waals surface area contributed by atoms with Crippen LogP contribution in [0.1, 0.15) is 28.5 Å². The van der Waals surface area contributed by atoms with E-state index in [1.54, 1.807) is 12.1 Å². The van der Waals surface area contributed by atoms with Crippen molar-refractivity contribution >= 4 is 5.91 Å². The van der Waals surface area contributed by atoms with Crippen LogP contribution in [0.3, 0.4) is 0 Å². The maximum atomic E-state index is 13.7. The Hall–Kier alpha value is -3.33. The molecule has 1 amide bonds. The smallest absolute Gasteiger partial charge is 0.272 e. The molecule has 31 heavy (non-hydrogen) atoms. The SMILES string of the molecule is CN(C)CCC(NC(=O)c1ccn(COc2ccc(F)cc2F)n1)c1ccc(F)cc1. The number of ether oxygens (including phenoxy) is 1. The maximum Gasteiger partial charge on any atom is 0.272 e. The molecule has 1 atom stereocenters. The highest BCUT2D eigenvalue weighted by Crippen LogP contribution is 2.19. The summed E-state index contributed by atoms with van der Waals surface area (Å²) in [5.41, 5.74) is 0.936. The van der Waals surface area contributed by atoms with E-state index in [-0.39, 0.29) is 30.0 Å². The first-order valence-corrected chi connectivity index (χ1v) is 9.64. The Labute approximate surface area is 178 Å². The molecule has 0 saturated heterocycles. The number of nitrogens with zero attached hydrogens (tertiary/aromatic N) is 3. The number of aromatic nitrogens is 2. The van der Waals surface area contributed by atoms with Gasteiger partial charge in [0, 0.05) is 12.3 Å². The first-order valence-electron chi connectivity index (χ1n) is 9.64. The number of carbonyl (C=O) groups excluding carboxylic acids is 1. The minimum atomic E-state index is -0.826. The predicted molar refractivity (Wildman–Crippen MR) is 109 cm³/mol. The normalized spacial score (nSPS) is 12.1. The second kappa shape index (κ2) is 10.1. The molecule has 1 aromatic heterocycles. The highest BCUT2D eigenvalue weighted by Gasteiger charge is 2.18. The molecule has 3 rings (SSSR count). The molecule has 1 unspecified atom stereocenters. The molecule has 1 N–H and O–H groups in total. The van der Waals surface area contributed by atoms with Gasteiger partial charge in [0.2, 0.25) is 0 Å². The number of rotatable bonds is 9. The zero-order valence-corrected chi connectivity index (χ0v) is 17.2. The molecular weight excluding hydrogens is 409 g/mol. The Morgan fingerprint density at radius 1 is 1.10 bits per heavy atom. The minimum Gasteiger partial charge on any atom is -0.468 e. The van der Waals surface area contributed by atoms with Crippen LogP contribution < -0.4 is 10.1 Å². The van der Waals surface area contributed by atoms with Gasteiger partial charge in [-0.1, -0.05) is 12.1 Å². The summed E-state index contributed by atoms with van der Waals surface area (Å²) in [6, 6.07) is 10.2. The molecule has 0 aliphatic carbocycles. The molecule has 0 spiro atoms. The molecule has 0 radical (unpaired) electrons. The standard InChI is InChI=1S/C22H23F3N4O2/c1-28(2)11-9-19(15-3-5-16(23)6-4-15)26-22(30)20-10-12-29(27-20)14-31-21-8-7-17(24)13-18(21)25/h3-8,10,12-13,19H,9,11,14H2,1-2H3,(H,26,30). The molecule has 164 valence electrons. The fourth-order valence-electron chi connectivity index (χ4n) is 2.92. The van der Waals surface area contributed by atoms with E-state index in [2.05, 4.69) is 10.4 Å². The van der Waals surface area contributed by atoms with Crippen LogP contribution in [0.15, 0.2) is 54.7 Å². The topological polar surface area (TPSA) is 59.4 Å². The molecule has 0 saturated carbocycles. The number of benzene rings is 2. The quantitative estimate of drug-likeness (QED) is 0.560. The van der Waals surface area contributed by atoms with E-state index in [1.165, 1.54) is 35.1 Å². The highest BCUT2D eigenvalue weighted by molar-refractivity contribution is 5.92. The van der Waals surface area contributed by atoms with Crippen molar-refractivity contribution in [3.05, 3.63) is 83.4 Å². The molecule has 9 heteroatoms. The summed E-state index contributed by atoms with van der Waals surface area (Å²) in [6.07, 6.45) is 2.14. The molecule has 0 aliphatic rings. The van der Waals surface area contributed by atoms with Gasteiger partial charge in [0.05, 0.1) is 6.04 Å². The van der Waals surface area contributed by atoms with Crippen molar-refractivity contribution in [3.63, 3.8) is 0 Å². The maximum absolute atomic E-state index is 13.7. The van der Waals surface area contributed by atoms with E-state index >= 15 is 0 Å². The first-order chi connectivity index (χ1) is 14.8. The summed E-state index contributed by atoms with van der Waals surface area (Å²) in [6.45, 7) is 0.561. The van der Waals surface area contributed by atoms with Gasteiger partial charge >= 0.3 is 0 Å². The summed E-state index contributed by atoms with van der Waals surface area (Å²) in [7, 11) is 3.85. The van der Waals surface area contributed by atoms with E-state index in [1.807, 2.05) is 19.0 Å². The predicted octanol–water partition coefficient (Wildman–Crippen LogP) is 3.76. The zero-order chi connectivity index (χ0) is 22.4. The van der Waals surface area contributed by atoms with Gasteiger partial charge in [-0.25, -0.2) is 17.9 Å².